The maximum atomic E-state index is 12.8. The van der Waals surface area contributed by atoms with Crippen molar-refractivity contribution in [3.05, 3.63) is 35.7 Å². The van der Waals surface area contributed by atoms with Crippen molar-refractivity contribution in [2.45, 2.75) is 6.42 Å². The average Bonchev–Trinajstić information content (AvgIpc) is 2.20. The molecule has 3 heteroatoms. The Morgan fingerprint density at radius 1 is 1.50 bits per heavy atom. The second-order valence-electron chi connectivity index (χ2n) is 2.80. The maximum Gasteiger partial charge on any atom is 0.128 e. The van der Waals surface area contributed by atoms with E-state index >= 15 is 0 Å². The Labute approximate surface area is 82.6 Å². The normalized spacial score (nSPS) is 10.8. The van der Waals surface area contributed by atoms with Crippen LogP contribution in [0.3, 0.4) is 0 Å². The van der Waals surface area contributed by atoms with Crippen molar-refractivity contribution in [2.75, 3.05) is 13.7 Å². The lowest BCUT2D eigenvalue weighted by atomic mass is 10.1. The quantitative estimate of drug-likeness (QED) is 0.800. The number of aliphatic hydroxyl groups is 1. The van der Waals surface area contributed by atoms with Crippen molar-refractivity contribution in [2.24, 2.45) is 0 Å². The molecule has 0 saturated heterocycles. The van der Waals surface area contributed by atoms with Crippen LogP contribution in [-0.2, 0) is 0 Å². The summed E-state index contributed by atoms with van der Waals surface area (Å²) in [5.74, 6) is 0.181. The highest BCUT2D eigenvalue weighted by Gasteiger charge is 2.00. The van der Waals surface area contributed by atoms with Gasteiger partial charge in [-0.05, 0) is 18.6 Å². The van der Waals surface area contributed by atoms with Gasteiger partial charge in [0, 0.05) is 18.2 Å². The Kier molecular flexibility index (Phi) is 4.13. The minimum absolute atomic E-state index is 0.111. The first-order chi connectivity index (χ1) is 6.77. The molecule has 76 valence electrons. The predicted molar refractivity (Wildman–Crippen MR) is 53.7 cm³/mol. The molecule has 0 fully saturated rings. The Morgan fingerprint density at radius 3 is 2.93 bits per heavy atom. The topological polar surface area (TPSA) is 29.5 Å². The molecular formula is C11H13FO2. The van der Waals surface area contributed by atoms with Crippen molar-refractivity contribution in [3.8, 4) is 5.75 Å². The number of ether oxygens (including phenoxy) is 1. The summed E-state index contributed by atoms with van der Waals surface area (Å²) in [5, 5.41) is 8.57. The van der Waals surface area contributed by atoms with Crippen LogP contribution in [0.15, 0.2) is 24.3 Å². The van der Waals surface area contributed by atoms with Gasteiger partial charge in [0.25, 0.3) is 0 Å². The molecule has 0 heterocycles. The molecule has 0 saturated carbocycles. The number of hydrogen-bond acceptors (Lipinski definition) is 2. The molecule has 1 N–H and O–H groups in total. The third-order valence-corrected chi connectivity index (χ3v) is 1.79. The van der Waals surface area contributed by atoms with Crippen molar-refractivity contribution in [1.29, 1.82) is 0 Å². The monoisotopic (exact) mass is 196 g/mol. The molecule has 0 aromatic heterocycles. The molecule has 0 spiro atoms. The first-order valence-corrected chi connectivity index (χ1v) is 4.39. The molecule has 14 heavy (non-hydrogen) atoms. The van der Waals surface area contributed by atoms with Crippen LogP contribution >= 0.6 is 0 Å². The van der Waals surface area contributed by atoms with Gasteiger partial charge in [0.1, 0.15) is 11.6 Å². The lowest BCUT2D eigenvalue weighted by molar-refractivity contribution is 0.303. The van der Waals surface area contributed by atoms with Crippen molar-refractivity contribution in [1.82, 2.24) is 0 Å². The van der Waals surface area contributed by atoms with E-state index in [0.717, 1.165) is 5.56 Å². The van der Waals surface area contributed by atoms with E-state index in [9.17, 15) is 4.39 Å². The Bertz CT molecular complexity index is 321. The summed E-state index contributed by atoms with van der Waals surface area (Å²) in [7, 11) is 1.50. The molecule has 2 nitrogen and oxygen atoms in total. The minimum atomic E-state index is -0.318. The SMILES string of the molecule is COc1cc(F)ccc1C=CCCO. The van der Waals surface area contributed by atoms with Gasteiger partial charge in [-0.3, -0.25) is 0 Å². The fraction of sp³-hybridized carbons (Fsp3) is 0.273. The van der Waals surface area contributed by atoms with Crippen LogP contribution in [0.25, 0.3) is 6.08 Å². The van der Waals surface area contributed by atoms with E-state index in [2.05, 4.69) is 0 Å². The van der Waals surface area contributed by atoms with Crippen LogP contribution in [0.2, 0.25) is 0 Å². The molecular weight excluding hydrogens is 183 g/mol. The fourth-order valence-electron chi connectivity index (χ4n) is 1.11. The van der Waals surface area contributed by atoms with Crippen molar-refractivity contribution < 1.29 is 14.2 Å². The van der Waals surface area contributed by atoms with Gasteiger partial charge in [-0.1, -0.05) is 12.2 Å². The van der Waals surface area contributed by atoms with Gasteiger partial charge in [0.05, 0.1) is 7.11 Å². The largest absolute Gasteiger partial charge is 0.496 e. The summed E-state index contributed by atoms with van der Waals surface area (Å²) < 4.78 is 17.8. The van der Waals surface area contributed by atoms with E-state index in [1.54, 1.807) is 12.1 Å². The van der Waals surface area contributed by atoms with Gasteiger partial charge in [-0.25, -0.2) is 4.39 Å². The van der Waals surface area contributed by atoms with Crippen LogP contribution in [0.4, 0.5) is 4.39 Å². The van der Waals surface area contributed by atoms with Gasteiger partial charge < -0.3 is 9.84 Å². The van der Waals surface area contributed by atoms with E-state index in [-0.39, 0.29) is 12.4 Å². The Hall–Kier alpha value is -1.35. The molecule has 0 radical (unpaired) electrons. The first kappa shape index (κ1) is 10.7. The molecule has 0 aliphatic heterocycles. The molecule has 0 unspecified atom stereocenters. The van der Waals surface area contributed by atoms with Gasteiger partial charge in [-0.2, -0.15) is 0 Å². The third-order valence-electron chi connectivity index (χ3n) is 1.79. The molecule has 1 aromatic carbocycles. The third kappa shape index (κ3) is 2.85. The van der Waals surface area contributed by atoms with Gasteiger partial charge in [-0.15, -0.1) is 0 Å². The molecule has 0 aliphatic rings. The Balaban J connectivity index is 2.85. The zero-order chi connectivity index (χ0) is 10.4. The summed E-state index contributed by atoms with van der Waals surface area (Å²) >= 11 is 0. The summed E-state index contributed by atoms with van der Waals surface area (Å²) in [6.07, 6.45) is 4.20. The van der Waals surface area contributed by atoms with E-state index in [4.69, 9.17) is 9.84 Å². The van der Waals surface area contributed by atoms with Crippen LogP contribution < -0.4 is 4.74 Å². The highest BCUT2D eigenvalue weighted by Crippen LogP contribution is 2.20. The summed E-state index contributed by atoms with van der Waals surface area (Å²) in [6, 6.07) is 4.35. The molecule has 0 bridgehead atoms. The van der Waals surface area contributed by atoms with E-state index in [1.165, 1.54) is 19.2 Å². The van der Waals surface area contributed by atoms with Gasteiger partial charge in [0.15, 0.2) is 0 Å². The number of hydrogen-bond donors (Lipinski definition) is 1. The van der Waals surface area contributed by atoms with E-state index in [0.29, 0.717) is 12.2 Å². The van der Waals surface area contributed by atoms with Gasteiger partial charge >= 0.3 is 0 Å². The first-order valence-electron chi connectivity index (χ1n) is 4.39. The summed E-state index contributed by atoms with van der Waals surface area (Å²) in [4.78, 5) is 0. The molecule has 0 atom stereocenters. The van der Waals surface area contributed by atoms with Crippen LogP contribution in [0.1, 0.15) is 12.0 Å². The summed E-state index contributed by atoms with van der Waals surface area (Å²) in [5.41, 5.74) is 0.808. The second kappa shape index (κ2) is 5.40. The molecule has 0 aliphatic carbocycles. The van der Waals surface area contributed by atoms with E-state index < -0.39 is 0 Å². The zero-order valence-corrected chi connectivity index (χ0v) is 8.03. The summed E-state index contributed by atoms with van der Waals surface area (Å²) in [6.45, 7) is 0.111. The lowest BCUT2D eigenvalue weighted by Gasteiger charge is -2.03. The van der Waals surface area contributed by atoms with E-state index in [1.807, 2.05) is 6.08 Å². The maximum absolute atomic E-state index is 12.8. The van der Waals surface area contributed by atoms with Gasteiger partial charge in [0.2, 0.25) is 0 Å². The predicted octanol–water partition coefficient (Wildman–Crippen LogP) is 2.23. The number of benzene rings is 1. The van der Waals surface area contributed by atoms with Crippen molar-refractivity contribution >= 4 is 6.08 Å². The average molecular weight is 196 g/mol. The zero-order valence-electron chi connectivity index (χ0n) is 8.03. The van der Waals surface area contributed by atoms with Crippen molar-refractivity contribution in [3.63, 3.8) is 0 Å². The lowest BCUT2D eigenvalue weighted by Crippen LogP contribution is -1.88. The van der Waals surface area contributed by atoms with Crippen LogP contribution in [0.5, 0.6) is 5.75 Å². The number of methoxy groups -OCH3 is 1. The van der Waals surface area contributed by atoms with Crippen LogP contribution in [-0.4, -0.2) is 18.8 Å². The highest BCUT2D eigenvalue weighted by atomic mass is 19.1. The molecule has 0 amide bonds. The molecule has 1 aromatic rings. The minimum Gasteiger partial charge on any atom is -0.496 e. The smallest absolute Gasteiger partial charge is 0.128 e. The standard InChI is InChI=1S/C11H13FO2/c1-14-11-8-10(12)6-5-9(11)4-2-3-7-13/h2,4-6,8,13H,3,7H2,1H3. The second-order valence-corrected chi connectivity index (χ2v) is 2.80. The fourth-order valence-corrected chi connectivity index (χ4v) is 1.11. The molecule has 1 rings (SSSR count). The Morgan fingerprint density at radius 2 is 2.29 bits per heavy atom. The van der Waals surface area contributed by atoms with Crippen LogP contribution in [0, 0.1) is 5.82 Å². The number of rotatable bonds is 4. The number of aliphatic hydroxyl groups excluding tert-OH is 1. The number of halogens is 1. The highest BCUT2D eigenvalue weighted by molar-refractivity contribution is 5.57.